The molecule has 3 heteroatoms. The Bertz CT molecular complexity index is 2610. The molecule has 0 atom stereocenters. The molecule has 0 saturated carbocycles. The summed E-state index contributed by atoms with van der Waals surface area (Å²) in [7, 11) is 0. The molecule has 238 valence electrons. The van der Waals surface area contributed by atoms with Crippen LogP contribution in [0.3, 0.4) is 0 Å². The fourth-order valence-electron chi connectivity index (χ4n) is 8.06. The van der Waals surface area contributed by atoms with Gasteiger partial charge in [0.2, 0.25) is 0 Å². The molecule has 0 N–H and O–H groups in total. The highest BCUT2D eigenvalue weighted by molar-refractivity contribution is 6.00. The van der Waals surface area contributed by atoms with Gasteiger partial charge in [-0.2, -0.15) is 0 Å². The second kappa shape index (κ2) is 10.8. The van der Waals surface area contributed by atoms with E-state index in [0.717, 1.165) is 39.9 Å². The molecular weight excluding hydrogens is 609 g/mol. The normalized spacial score (nSPS) is 13.7. The van der Waals surface area contributed by atoms with Crippen LogP contribution in [0.2, 0.25) is 0 Å². The first-order chi connectivity index (χ1) is 24.5. The Kier molecular flexibility index (Phi) is 6.22. The molecule has 0 aliphatic carbocycles. The average molecular weight is 643 g/mol. The molecule has 0 amide bonds. The van der Waals surface area contributed by atoms with E-state index < -0.39 is 0 Å². The molecule has 2 aliphatic rings. The zero-order valence-corrected chi connectivity index (χ0v) is 28.0. The van der Waals surface area contributed by atoms with E-state index in [9.17, 15) is 0 Å². The third-order valence-corrected chi connectivity index (χ3v) is 10.6. The van der Waals surface area contributed by atoms with Gasteiger partial charge in [-0.15, -0.1) is 0 Å². The van der Waals surface area contributed by atoms with Gasteiger partial charge in [-0.1, -0.05) is 123 Å². The maximum atomic E-state index is 6.42. The van der Waals surface area contributed by atoms with Crippen LogP contribution in [-0.2, 0) is 5.41 Å². The second-order valence-electron chi connectivity index (χ2n) is 13.8. The predicted molar refractivity (Wildman–Crippen MR) is 208 cm³/mol. The van der Waals surface area contributed by atoms with Crippen molar-refractivity contribution in [1.29, 1.82) is 0 Å². The van der Waals surface area contributed by atoms with Crippen LogP contribution < -0.4 is 14.5 Å². The van der Waals surface area contributed by atoms with Crippen LogP contribution in [0, 0.1) is 0 Å². The van der Waals surface area contributed by atoms with Gasteiger partial charge in [-0.25, -0.2) is 0 Å². The van der Waals surface area contributed by atoms with E-state index in [2.05, 4.69) is 187 Å². The molecular formula is C47H34N2O. The largest absolute Gasteiger partial charge is 0.453 e. The topological polar surface area (TPSA) is 15.7 Å². The number of rotatable bonds is 4. The van der Waals surface area contributed by atoms with Crippen LogP contribution >= 0.6 is 0 Å². The van der Waals surface area contributed by atoms with Gasteiger partial charge in [-0.05, 0) is 99.1 Å². The summed E-state index contributed by atoms with van der Waals surface area (Å²) in [5.74, 6) is 1.78. The van der Waals surface area contributed by atoms with Gasteiger partial charge in [0.05, 0.1) is 22.7 Å². The number of hydrogen-bond donors (Lipinski definition) is 0. The molecule has 0 fully saturated rings. The van der Waals surface area contributed by atoms with Crippen molar-refractivity contribution in [2.75, 3.05) is 9.80 Å². The summed E-state index contributed by atoms with van der Waals surface area (Å²) in [5.41, 5.74) is 11.6. The van der Waals surface area contributed by atoms with E-state index in [1.807, 2.05) is 6.07 Å². The van der Waals surface area contributed by atoms with Crippen LogP contribution in [-0.4, -0.2) is 0 Å². The Balaban J connectivity index is 1.09. The standard InChI is InChI=1S/C47H34N2O/c1-47(2)39-16-10-20-45-46(39)49(43-17-7-8-19-44(43)50-45)42-28-24-35(30-40(42)47)32-21-25-36(26-22-32)48(37-27-23-31-11-3-4-13-34(31)29-37)41-18-9-14-33-12-5-6-15-38(33)41/h3-30H,1-2H3. The summed E-state index contributed by atoms with van der Waals surface area (Å²) in [4.78, 5) is 4.78. The monoisotopic (exact) mass is 642 g/mol. The number of nitrogens with zero attached hydrogens (tertiary/aromatic N) is 2. The fourth-order valence-corrected chi connectivity index (χ4v) is 8.06. The Morgan fingerprint density at radius 1 is 0.480 bits per heavy atom. The smallest absolute Gasteiger partial charge is 0.151 e. The van der Waals surface area contributed by atoms with Crippen LogP contribution in [0.25, 0.3) is 32.7 Å². The van der Waals surface area contributed by atoms with Crippen molar-refractivity contribution in [3.05, 3.63) is 181 Å². The van der Waals surface area contributed by atoms with Gasteiger partial charge in [0.15, 0.2) is 11.5 Å². The zero-order valence-electron chi connectivity index (χ0n) is 28.0. The molecule has 8 aromatic rings. The summed E-state index contributed by atoms with van der Waals surface area (Å²) in [6.07, 6.45) is 0. The van der Waals surface area contributed by atoms with Crippen molar-refractivity contribution in [3.63, 3.8) is 0 Å². The fraction of sp³-hybridized carbons (Fsp3) is 0.0638. The average Bonchev–Trinajstić information content (AvgIpc) is 3.16. The van der Waals surface area contributed by atoms with E-state index in [-0.39, 0.29) is 5.41 Å². The minimum atomic E-state index is -0.218. The van der Waals surface area contributed by atoms with E-state index >= 15 is 0 Å². The summed E-state index contributed by atoms with van der Waals surface area (Å²) in [5, 5.41) is 4.90. The second-order valence-corrected chi connectivity index (χ2v) is 13.8. The molecule has 0 aromatic heterocycles. The minimum absolute atomic E-state index is 0.218. The van der Waals surface area contributed by atoms with E-state index in [1.165, 1.54) is 49.5 Å². The number of benzene rings is 8. The van der Waals surface area contributed by atoms with Gasteiger partial charge in [0.25, 0.3) is 0 Å². The van der Waals surface area contributed by atoms with Gasteiger partial charge in [-0.3, -0.25) is 0 Å². The Morgan fingerprint density at radius 3 is 2.04 bits per heavy atom. The Morgan fingerprint density at radius 2 is 1.16 bits per heavy atom. The van der Waals surface area contributed by atoms with Crippen molar-refractivity contribution < 1.29 is 4.74 Å². The lowest BCUT2D eigenvalue weighted by Crippen LogP contribution is -2.32. The molecule has 0 spiro atoms. The van der Waals surface area contributed by atoms with Gasteiger partial charge in [0.1, 0.15) is 0 Å². The van der Waals surface area contributed by atoms with Crippen molar-refractivity contribution in [2.24, 2.45) is 0 Å². The molecule has 50 heavy (non-hydrogen) atoms. The first-order valence-corrected chi connectivity index (χ1v) is 17.3. The van der Waals surface area contributed by atoms with Crippen LogP contribution in [0.15, 0.2) is 170 Å². The summed E-state index contributed by atoms with van der Waals surface area (Å²) in [6, 6.07) is 61.3. The molecule has 2 heterocycles. The van der Waals surface area contributed by atoms with Crippen molar-refractivity contribution in [3.8, 4) is 22.6 Å². The molecule has 0 radical (unpaired) electrons. The number of hydrogen-bond acceptors (Lipinski definition) is 3. The third kappa shape index (κ3) is 4.30. The number of fused-ring (bicyclic) bond motifs is 6. The molecule has 0 bridgehead atoms. The molecule has 10 rings (SSSR count). The van der Waals surface area contributed by atoms with Gasteiger partial charge >= 0.3 is 0 Å². The summed E-state index contributed by atoms with van der Waals surface area (Å²) >= 11 is 0. The molecule has 0 saturated heterocycles. The SMILES string of the molecule is CC1(C)c2cc(-c3ccc(N(c4ccc5ccccc5c4)c4cccc5ccccc45)cc3)ccc2N2c3ccccc3Oc3cccc1c32. The predicted octanol–water partition coefficient (Wildman–Crippen LogP) is 13.3. The van der Waals surface area contributed by atoms with Crippen LogP contribution in [0.4, 0.5) is 34.1 Å². The highest BCUT2D eigenvalue weighted by Gasteiger charge is 2.41. The molecule has 0 unspecified atom stereocenters. The zero-order chi connectivity index (χ0) is 33.4. The third-order valence-electron chi connectivity index (χ3n) is 10.6. The number of anilines is 6. The van der Waals surface area contributed by atoms with E-state index in [4.69, 9.17) is 4.74 Å². The van der Waals surface area contributed by atoms with Gasteiger partial charge < -0.3 is 14.5 Å². The van der Waals surface area contributed by atoms with Crippen LogP contribution in [0.1, 0.15) is 25.0 Å². The molecule has 8 aromatic carbocycles. The van der Waals surface area contributed by atoms with Crippen LogP contribution in [0.5, 0.6) is 11.5 Å². The highest BCUT2D eigenvalue weighted by Crippen LogP contribution is 2.60. The Labute approximate surface area is 292 Å². The summed E-state index contributed by atoms with van der Waals surface area (Å²) < 4.78 is 6.42. The molecule has 2 aliphatic heterocycles. The van der Waals surface area contributed by atoms with E-state index in [0.29, 0.717) is 0 Å². The van der Waals surface area contributed by atoms with Crippen molar-refractivity contribution >= 4 is 55.7 Å². The first kappa shape index (κ1) is 28.7. The Hall–Kier alpha value is -6.32. The lowest BCUT2D eigenvalue weighted by molar-refractivity contribution is 0.471. The summed E-state index contributed by atoms with van der Waals surface area (Å²) in [6.45, 7) is 4.66. The first-order valence-electron chi connectivity index (χ1n) is 17.3. The maximum Gasteiger partial charge on any atom is 0.151 e. The molecule has 3 nitrogen and oxygen atoms in total. The highest BCUT2D eigenvalue weighted by atomic mass is 16.5. The lowest BCUT2D eigenvalue weighted by atomic mass is 9.72. The van der Waals surface area contributed by atoms with E-state index in [1.54, 1.807) is 0 Å². The lowest BCUT2D eigenvalue weighted by Gasteiger charge is -2.45. The van der Waals surface area contributed by atoms with Crippen molar-refractivity contribution in [1.82, 2.24) is 0 Å². The van der Waals surface area contributed by atoms with Gasteiger partial charge in [0, 0.05) is 22.2 Å². The quantitative estimate of drug-likeness (QED) is 0.190. The number of para-hydroxylation sites is 3. The maximum absolute atomic E-state index is 6.42. The number of ether oxygens (including phenoxy) is 1. The van der Waals surface area contributed by atoms with Crippen molar-refractivity contribution in [2.45, 2.75) is 19.3 Å². The minimum Gasteiger partial charge on any atom is -0.453 e.